The maximum absolute atomic E-state index is 12.3. The van der Waals surface area contributed by atoms with Crippen LogP contribution in [0.2, 0.25) is 5.02 Å². The molecule has 4 heteroatoms. The predicted molar refractivity (Wildman–Crippen MR) is 84.3 cm³/mol. The maximum atomic E-state index is 12.3. The summed E-state index contributed by atoms with van der Waals surface area (Å²) in [5, 5.41) is 0.759. The van der Waals surface area contributed by atoms with Gasteiger partial charge >= 0.3 is 0 Å². The third-order valence-electron chi connectivity index (χ3n) is 3.86. The molecular formula is C16H20ClNOS. The van der Waals surface area contributed by atoms with Gasteiger partial charge in [-0.1, -0.05) is 11.6 Å². The molecule has 0 aromatic heterocycles. The molecule has 0 N–H and O–H groups in total. The number of benzene rings is 1. The molecule has 2 saturated carbocycles. The van der Waals surface area contributed by atoms with Crippen LogP contribution in [0.4, 0.5) is 0 Å². The smallest absolute Gasteiger partial charge is 0.223 e. The van der Waals surface area contributed by atoms with E-state index in [4.69, 9.17) is 11.6 Å². The fourth-order valence-corrected chi connectivity index (χ4v) is 3.32. The summed E-state index contributed by atoms with van der Waals surface area (Å²) in [5.41, 5.74) is 0. The molecule has 0 saturated heterocycles. The lowest BCUT2D eigenvalue weighted by atomic mass is 10.3. The van der Waals surface area contributed by atoms with Gasteiger partial charge in [0.2, 0.25) is 5.91 Å². The molecule has 20 heavy (non-hydrogen) atoms. The van der Waals surface area contributed by atoms with Crippen LogP contribution in [0.25, 0.3) is 0 Å². The zero-order valence-corrected chi connectivity index (χ0v) is 13.1. The Morgan fingerprint density at radius 2 is 1.90 bits per heavy atom. The van der Waals surface area contributed by atoms with E-state index in [2.05, 4.69) is 4.90 Å². The van der Waals surface area contributed by atoms with Crippen LogP contribution in [0.1, 0.15) is 32.1 Å². The maximum Gasteiger partial charge on any atom is 0.223 e. The van der Waals surface area contributed by atoms with E-state index in [0.717, 1.165) is 23.2 Å². The number of rotatable bonds is 7. The second-order valence-corrected chi connectivity index (χ2v) is 7.38. The summed E-state index contributed by atoms with van der Waals surface area (Å²) in [5.74, 6) is 2.00. The summed E-state index contributed by atoms with van der Waals surface area (Å²) < 4.78 is 0. The third kappa shape index (κ3) is 4.16. The van der Waals surface area contributed by atoms with E-state index in [1.54, 1.807) is 11.8 Å². The molecule has 2 aliphatic rings. The topological polar surface area (TPSA) is 20.3 Å². The van der Waals surface area contributed by atoms with Gasteiger partial charge in [-0.3, -0.25) is 4.79 Å². The second-order valence-electron chi connectivity index (χ2n) is 5.77. The zero-order chi connectivity index (χ0) is 13.9. The van der Waals surface area contributed by atoms with Crippen LogP contribution in [0.3, 0.4) is 0 Å². The molecule has 0 aliphatic heterocycles. The van der Waals surface area contributed by atoms with Crippen molar-refractivity contribution in [2.45, 2.75) is 43.0 Å². The Morgan fingerprint density at radius 3 is 2.50 bits per heavy atom. The minimum atomic E-state index is 0.348. The Balaban J connectivity index is 1.44. The minimum absolute atomic E-state index is 0.348. The number of hydrogen-bond donors (Lipinski definition) is 0. The van der Waals surface area contributed by atoms with Gasteiger partial charge in [0.1, 0.15) is 0 Å². The molecule has 3 rings (SSSR count). The molecule has 1 aromatic carbocycles. The number of carbonyl (C=O) groups is 1. The van der Waals surface area contributed by atoms with Crippen molar-refractivity contribution in [2.24, 2.45) is 5.92 Å². The van der Waals surface area contributed by atoms with Crippen molar-refractivity contribution >= 4 is 29.3 Å². The highest BCUT2D eigenvalue weighted by atomic mass is 35.5. The highest BCUT2D eigenvalue weighted by molar-refractivity contribution is 7.99. The molecule has 0 unspecified atom stereocenters. The summed E-state index contributed by atoms with van der Waals surface area (Å²) in [6.45, 7) is 1.01. The standard InChI is InChI=1S/C16H20ClNOS/c17-13-3-7-15(8-4-13)20-10-9-16(19)18(14-5-6-14)11-12-1-2-12/h3-4,7-8,12,14H,1-2,5-6,9-11H2. The van der Waals surface area contributed by atoms with Crippen LogP contribution >= 0.6 is 23.4 Å². The summed E-state index contributed by atoms with van der Waals surface area (Å²) in [6.07, 6.45) is 5.70. The quantitative estimate of drug-likeness (QED) is 0.703. The van der Waals surface area contributed by atoms with E-state index in [-0.39, 0.29) is 0 Å². The van der Waals surface area contributed by atoms with Crippen LogP contribution in [0.15, 0.2) is 29.2 Å². The molecule has 1 aromatic rings. The van der Waals surface area contributed by atoms with E-state index in [9.17, 15) is 4.79 Å². The summed E-state index contributed by atoms with van der Waals surface area (Å²) in [7, 11) is 0. The van der Waals surface area contributed by atoms with Gasteiger partial charge < -0.3 is 4.90 Å². The normalized spacial score (nSPS) is 18.1. The molecule has 0 spiro atoms. The van der Waals surface area contributed by atoms with Gasteiger partial charge in [-0.25, -0.2) is 0 Å². The Labute approximate surface area is 129 Å². The molecule has 2 fully saturated rings. The van der Waals surface area contributed by atoms with Crippen molar-refractivity contribution in [3.8, 4) is 0 Å². The van der Waals surface area contributed by atoms with Crippen LogP contribution < -0.4 is 0 Å². The van der Waals surface area contributed by atoms with E-state index in [1.165, 1.54) is 30.6 Å². The first-order chi connectivity index (χ1) is 9.72. The first kappa shape index (κ1) is 14.3. The van der Waals surface area contributed by atoms with Gasteiger partial charge in [0.05, 0.1) is 0 Å². The van der Waals surface area contributed by atoms with E-state index in [1.807, 2.05) is 24.3 Å². The Morgan fingerprint density at radius 1 is 1.20 bits per heavy atom. The van der Waals surface area contributed by atoms with Crippen molar-refractivity contribution in [1.82, 2.24) is 4.90 Å². The molecule has 0 atom stereocenters. The average Bonchev–Trinajstić information content (AvgIpc) is 3.31. The average molecular weight is 310 g/mol. The van der Waals surface area contributed by atoms with Gasteiger partial charge in [-0.15, -0.1) is 11.8 Å². The Bertz CT molecular complexity index is 468. The number of hydrogen-bond acceptors (Lipinski definition) is 2. The largest absolute Gasteiger partial charge is 0.339 e. The molecule has 0 heterocycles. The molecule has 0 bridgehead atoms. The minimum Gasteiger partial charge on any atom is -0.339 e. The summed E-state index contributed by atoms with van der Waals surface area (Å²) in [4.78, 5) is 15.7. The Kier molecular flexibility index (Phi) is 4.57. The van der Waals surface area contributed by atoms with Crippen LogP contribution in [-0.4, -0.2) is 29.1 Å². The van der Waals surface area contributed by atoms with Crippen LogP contribution in [-0.2, 0) is 4.79 Å². The lowest BCUT2D eigenvalue weighted by Gasteiger charge is -2.22. The highest BCUT2D eigenvalue weighted by Gasteiger charge is 2.35. The SMILES string of the molecule is O=C(CCSc1ccc(Cl)cc1)N(CC1CC1)C1CC1. The van der Waals surface area contributed by atoms with Gasteiger partial charge in [-0.05, 0) is 55.9 Å². The monoisotopic (exact) mass is 309 g/mol. The van der Waals surface area contributed by atoms with Gasteiger partial charge in [0, 0.05) is 34.7 Å². The highest BCUT2D eigenvalue weighted by Crippen LogP contribution is 2.35. The summed E-state index contributed by atoms with van der Waals surface area (Å²) in [6, 6.07) is 8.38. The Hall–Kier alpha value is -0.670. The first-order valence-electron chi connectivity index (χ1n) is 7.40. The molecule has 2 nitrogen and oxygen atoms in total. The molecular weight excluding hydrogens is 290 g/mol. The fraction of sp³-hybridized carbons (Fsp3) is 0.562. The van der Waals surface area contributed by atoms with Crippen LogP contribution in [0.5, 0.6) is 0 Å². The number of nitrogens with zero attached hydrogens (tertiary/aromatic N) is 1. The molecule has 2 aliphatic carbocycles. The number of halogens is 1. The van der Waals surface area contributed by atoms with E-state index >= 15 is 0 Å². The van der Waals surface area contributed by atoms with E-state index in [0.29, 0.717) is 18.4 Å². The number of thioether (sulfide) groups is 1. The molecule has 108 valence electrons. The first-order valence-corrected chi connectivity index (χ1v) is 8.76. The second kappa shape index (κ2) is 6.40. The van der Waals surface area contributed by atoms with Crippen molar-refractivity contribution in [3.63, 3.8) is 0 Å². The summed E-state index contributed by atoms with van der Waals surface area (Å²) >= 11 is 7.60. The third-order valence-corrected chi connectivity index (χ3v) is 5.12. The van der Waals surface area contributed by atoms with Crippen molar-refractivity contribution in [2.75, 3.05) is 12.3 Å². The van der Waals surface area contributed by atoms with Crippen molar-refractivity contribution in [1.29, 1.82) is 0 Å². The lowest BCUT2D eigenvalue weighted by molar-refractivity contribution is -0.131. The molecule has 1 amide bonds. The van der Waals surface area contributed by atoms with Gasteiger partial charge in [-0.2, -0.15) is 0 Å². The predicted octanol–water partition coefficient (Wildman–Crippen LogP) is 4.22. The van der Waals surface area contributed by atoms with Crippen molar-refractivity contribution < 1.29 is 4.79 Å². The van der Waals surface area contributed by atoms with Gasteiger partial charge in [0.25, 0.3) is 0 Å². The van der Waals surface area contributed by atoms with E-state index < -0.39 is 0 Å². The molecule has 0 radical (unpaired) electrons. The van der Waals surface area contributed by atoms with Crippen molar-refractivity contribution in [3.05, 3.63) is 29.3 Å². The zero-order valence-electron chi connectivity index (χ0n) is 11.6. The van der Waals surface area contributed by atoms with Gasteiger partial charge in [0.15, 0.2) is 0 Å². The lowest BCUT2D eigenvalue weighted by Crippen LogP contribution is -2.35. The van der Waals surface area contributed by atoms with Crippen LogP contribution in [0, 0.1) is 5.92 Å². The number of amides is 1. The fourth-order valence-electron chi connectivity index (χ4n) is 2.35. The number of carbonyl (C=O) groups excluding carboxylic acids is 1.